The van der Waals surface area contributed by atoms with Crippen LogP contribution in [0.4, 0.5) is 5.13 Å². The molecule has 0 fully saturated rings. The summed E-state index contributed by atoms with van der Waals surface area (Å²) in [6.45, 7) is 1.94. The number of thiazole rings is 1. The number of aromatic nitrogens is 1. The normalized spacial score (nSPS) is 10.8. The number of fused-ring (bicyclic) bond motifs is 1. The molecule has 0 spiro atoms. The van der Waals surface area contributed by atoms with Crippen LogP contribution in [0.25, 0.3) is 10.2 Å². The molecule has 1 amide bonds. The SMILES string of the molecule is COc1ccc(CC(=O)Nc2nc3c(Cl)ccc(Cl)c3s2)cc1C. The molecule has 0 atom stereocenters. The van der Waals surface area contributed by atoms with Crippen LogP contribution in [0.1, 0.15) is 11.1 Å². The first-order valence-corrected chi connectivity index (χ1v) is 8.73. The number of anilines is 1. The second-order valence-corrected chi connectivity index (χ2v) is 7.07. The Hall–Kier alpha value is -1.82. The number of ether oxygens (including phenoxy) is 1. The van der Waals surface area contributed by atoms with Gasteiger partial charge < -0.3 is 10.1 Å². The van der Waals surface area contributed by atoms with Crippen LogP contribution in [0.2, 0.25) is 10.0 Å². The van der Waals surface area contributed by atoms with Crippen molar-refractivity contribution in [3.8, 4) is 5.75 Å². The Morgan fingerprint density at radius 2 is 2.00 bits per heavy atom. The standard InChI is InChI=1S/C17H14Cl2N2O2S/c1-9-7-10(3-6-13(9)23-2)8-14(22)20-17-21-15-11(18)4-5-12(19)16(15)24-17/h3-7H,8H2,1-2H3,(H,20,21,22). The van der Waals surface area contributed by atoms with Crippen LogP contribution in [-0.2, 0) is 11.2 Å². The minimum absolute atomic E-state index is 0.147. The van der Waals surface area contributed by atoms with Gasteiger partial charge in [0, 0.05) is 0 Å². The summed E-state index contributed by atoms with van der Waals surface area (Å²) in [6, 6.07) is 9.07. The highest BCUT2D eigenvalue weighted by molar-refractivity contribution is 7.23. The number of hydrogen-bond donors (Lipinski definition) is 1. The molecular weight excluding hydrogens is 367 g/mol. The second kappa shape index (κ2) is 6.97. The van der Waals surface area contributed by atoms with Gasteiger partial charge in [0.25, 0.3) is 0 Å². The Morgan fingerprint density at radius 3 is 2.67 bits per heavy atom. The molecule has 1 heterocycles. The molecule has 124 valence electrons. The van der Waals surface area contributed by atoms with Crippen molar-refractivity contribution >= 4 is 55.8 Å². The Bertz CT molecular complexity index is 885. The molecule has 0 aliphatic heterocycles. The molecule has 0 radical (unpaired) electrons. The Morgan fingerprint density at radius 1 is 1.25 bits per heavy atom. The number of carbonyl (C=O) groups is 1. The van der Waals surface area contributed by atoms with E-state index in [1.54, 1.807) is 19.2 Å². The van der Waals surface area contributed by atoms with Crippen molar-refractivity contribution < 1.29 is 9.53 Å². The highest BCUT2D eigenvalue weighted by atomic mass is 35.5. The van der Waals surface area contributed by atoms with E-state index in [1.807, 2.05) is 25.1 Å². The van der Waals surface area contributed by atoms with Crippen LogP contribution in [-0.4, -0.2) is 18.0 Å². The largest absolute Gasteiger partial charge is 0.496 e. The quantitative estimate of drug-likeness (QED) is 0.684. The smallest absolute Gasteiger partial charge is 0.230 e. The van der Waals surface area contributed by atoms with Crippen LogP contribution >= 0.6 is 34.5 Å². The number of amides is 1. The van der Waals surface area contributed by atoms with Crippen LogP contribution in [0.15, 0.2) is 30.3 Å². The number of halogens is 2. The maximum absolute atomic E-state index is 12.3. The van der Waals surface area contributed by atoms with Gasteiger partial charge in [0.15, 0.2) is 5.13 Å². The van der Waals surface area contributed by atoms with Crippen molar-refractivity contribution in [3.05, 3.63) is 51.5 Å². The second-order valence-electron chi connectivity index (χ2n) is 5.25. The average Bonchev–Trinajstić information content (AvgIpc) is 2.96. The van der Waals surface area contributed by atoms with Gasteiger partial charge in [-0.3, -0.25) is 4.79 Å². The minimum Gasteiger partial charge on any atom is -0.496 e. The zero-order valence-electron chi connectivity index (χ0n) is 13.0. The summed E-state index contributed by atoms with van der Waals surface area (Å²) >= 11 is 13.6. The lowest BCUT2D eigenvalue weighted by atomic mass is 10.1. The van der Waals surface area contributed by atoms with Gasteiger partial charge in [0.2, 0.25) is 5.91 Å². The summed E-state index contributed by atoms with van der Waals surface area (Å²) in [7, 11) is 1.62. The third-order valence-corrected chi connectivity index (χ3v) is 5.25. The van der Waals surface area contributed by atoms with Crippen LogP contribution in [0.5, 0.6) is 5.75 Å². The number of nitrogens with zero attached hydrogens (tertiary/aromatic N) is 1. The topological polar surface area (TPSA) is 51.2 Å². The molecule has 7 heteroatoms. The van der Waals surface area contributed by atoms with Crippen molar-refractivity contribution in [3.63, 3.8) is 0 Å². The summed E-state index contributed by atoms with van der Waals surface area (Å²) < 4.78 is 5.99. The minimum atomic E-state index is -0.147. The third-order valence-electron chi connectivity index (χ3n) is 3.52. The molecule has 2 aromatic carbocycles. The first kappa shape index (κ1) is 17.0. The van der Waals surface area contributed by atoms with Gasteiger partial charge in [-0.15, -0.1) is 0 Å². The first-order chi connectivity index (χ1) is 11.5. The van der Waals surface area contributed by atoms with E-state index in [-0.39, 0.29) is 12.3 Å². The Kier molecular flexibility index (Phi) is 4.94. The van der Waals surface area contributed by atoms with Gasteiger partial charge in [0.05, 0.1) is 28.3 Å². The zero-order chi connectivity index (χ0) is 17.3. The van der Waals surface area contributed by atoms with Gasteiger partial charge in [-0.25, -0.2) is 4.98 Å². The maximum Gasteiger partial charge on any atom is 0.230 e. The van der Waals surface area contributed by atoms with E-state index >= 15 is 0 Å². The maximum atomic E-state index is 12.3. The predicted octanol–water partition coefficient (Wildman–Crippen LogP) is 5.10. The van der Waals surface area contributed by atoms with Crippen LogP contribution < -0.4 is 10.1 Å². The molecule has 0 bridgehead atoms. The van der Waals surface area contributed by atoms with E-state index in [0.29, 0.717) is 20.7 Å². The molecule has 4 nitrogen and oxygen atoms in total. The van der Waals surface area contributed by atoms with E-state index < -0.39 is 0 Å². The van der Waals surface area contributed by atoms with Crippen molar-refractivity contribution in [2.45, 2.75) is 13.3 Å². The Balaban J connectivity index is 1.76. The lowest BCUT2D eigenvalue weighted by Gasteiger charge is -2.07. The number of methoxy groups -OCH3 is 1. The van der Waals surface area contributed by atoms with Gasteiger partial charge >= 0.3 is 0 Å². The van der Waals surface area contributed by atoms with E-state index in [9.17, 15) is 4.79 Å². The summed E-state index contributed by atoms with van der Waals surface area (Å²) in [4.78, 5) is 16.6. The molecule has 0 unspecified atom stereocenters. The number of hydrogen-bond acceptors (Lipinski definition) is 4. The lowest BCUT2D eigenvalue weighted by molar-refractivity contribution is -0.115. The van der Waals surface area contributed by atoms with Crippen molar-refractivity contribution in [2.75, 3.05) is 12.4 Å². The number of rotatable bonds is 4. The first-order valence-electron chi connectivity index (χ1n) is 7.16. The number of benzene rings is 2. The molecule has 0 aliphatic rings. The summed E-state index contributed by atoms with van der Waals surface area (Å²) in [6.07, 6.45) is 0.252. The molecule has 1 aromatic heterocycles. The molecular formula is C17H14Cl2N2O2S. The molecule has 3 rings (SSSR count). The predicted molar refractivity (Wildman–Crippen MR) is 99.7 cm³/mol. The van der Waals surface area contributed by atoms with Crippen LogP contribution in [0, 0.1) is 6.92 Å². The van der Waals surface area contributed by atoms with E-state index in [2.05, 4.69) is 10.3 Å². The fourth-order valence-corrected chi connectivity index (χ4v) is 3.83. The van der Waals surface area contributed by atoms with Crippen LogP contribution in [0.3, 0.4) is 0 Å². The highest BCUT2D eigenvalue weighted by Gasteiger charge is 2.13. The van der Waals surface area contributed by atoms with E-state index in [1.165, 1.54) is 11.3 Å². The fraction of sp³-hybridized carbons (Fsp3) is 0.176. The van der Waals surface area contributed by atoms with E-state index in [0.717, 1.165) is 21.6 Å². The zero-order valence-corrected chi connectivity index (χ0v) is 15.4. The van der Waals surface area contributed by atoms with Crippen molar-refractivity contribution in [2.24, 2.45) is 0 Å². The molecule has 0 saturated carbocycles. The van der Waals surface area contributed by atoms with Gasteiger partial charge in [-0.1, -0.05) is 46.7 Å². The monoisotopic (exact) mass is 380 g/mol. The van der Waals surface area contributed by atoms with E-state index in [4.69, 9.17) is 27.9 Å². The van der Waals surface area contributed by atoms with Gasteiger partial charge in [-0.2, -0.15) is 0 Å². The summed E-state index contributed by atoms with van der Waals surface area (Å²) in [5.74, 6) is 0.653. The molecule has 0 saturated heterocycles. The number of aryl methyl sites for hydroxylation is 1. The summed E-state index contributed by atoms with van der Waals surface area (Å²) in [5, 5.41) is 4.36. The van der Waals surface area contributed by atoms with Gasteiger partial charge in [-0.05, 0) is 36.2 Å². The molecule has 1 N–H and O–H groups in total. The summed E-state index contributed by atoms with van der Waals surface area (Å²) in [5.41, 5.74) is 2.49. The molecule has 24 heavy (non-hydrogen) atoms. The Labute approximate surface area is 153 Å². The molecule has 3 aromatic rings. The highest BCUT2D eigenvalue weighted by Crippen LogP contribution is 2.36. The molecule has 0 aliphatic carbocycles. The number of carbonyl (C=O) groups excluding carboxylic acids is 1. The van der Waals surface area contributed by atoms with Crippen molar-refractivity contribution in [1.82, 2.24) is 4.98 Å². The average molecular weight is 381 g/mol. The third kappa shape index (κ3) is 3.48. The number of nitrogens with one attached hydrogen (secondary N) is 1. The van der Waals surface area contributed by atoms with Gasteiger partial charge in [0.1, 0.15) is 11.3 Å². The lowest BCUT2D eigenvalue weighted by Crippen LogP contribution is -2.14. The fourth-order valence-electron chi connectivity index (χ4n) is 2.40. The van der Waals surface area contributed by atoms with Crippen molar-refractivity contribution in [1.29, 1.82) is 0 Å².